The van der Waals surface area contributed by atoms with Gasteiger partial charge in [0, 0.05) is 11.6 Å². The fraction of sp³-hybridized carbons (Fsp3) is 0.364. The van der Waals surface area contributed by atoms with E-state index in [9.17, 15) is 0 Å². The van der Waals surface area contributed by atoms with Crippen molar-refractivity contribution in [2.75, 3.05) is 7.11 Å². The first-order chi connectivity index (χ1) is 8.28. The fourth-order valence-corrected chi connectivity index (χ4v) is 1.94. The van der Waals surface area contributed by atoms with Crippen LogP contribution in [0.2, 0.25) is 5.15 Å². The average molecular weight is 251 g/mol. The third-order valence-electron chi connectivity index (χ3n) is 2.74. The van der Waals surface area contributed by atoms with Crippen molar-refractivity contribution in [1.82, 2.24) is 19.7 Å². The smallest absolute Gasteiger partial charge is 0.231 e. The van der Waals surface area contributed by atoms with Crippen molar-refractivity contribution >= 4 is 11.6 Å². The molecule has 2 aromatic rings. The summed E-state index contributed by atoms with van der Waals surface area (Å²) in [6, 6.07) is 2.28. The Morgan fingerprint density at radius 1 is 1.47 bits per heavy atom. The molecule has 0 amide bonds. The minimum Gasteiger partial charge on any atom is -0.480 e. The highest BCUT2D eigenvalue weighted by molar-refractivity contribution is 6.29. The summed E-state index contributed by atoms with van der Waals surface area (Å²) >= 11 is 5.84. The van der Waals surface area contributed by atoms with Crippen molar-refractivity contribution in [1.29, 1.82) is 0 Å². The van der Waals surface area contributed by atoms with Gasteiger partial charge in [-0.1, -0.05) is 11.6 Å². The second-order valence-electron chi connectivity index (χ2n) is 4.01. The largest absolute Gasteiger partial charge is 0.480 e. The summed E-state index contributed by atoms with van der Waals surface area (Å²) in [5.41, 5.74) is 0.861. The molecule has 5 nitrogen and oxygen atoms in total. The Bertz CT molecular complexity index is 550. The minimum atomic E-state index is 0.367. The van der Waals surface area contributed by atoms with Crippen molar-refractivity contribution in [3.8, 4) is 17.3 Å². The molecule has 0 aromatic carbocycles. The number of nitrogens with zero attached hydrogens (tertiary/aromatic N) is 4. The lowest BCUT2D eigenvalue weighted by Crippen LogP contribution is -1.96. The molecule has 0 atom stereocenters. The highest BCUT2D eigenvalue weighted by Gasteiger charge is 2.27. The molecule has 0 N–H and O–H groups in total. The van der Waals surface area contributed by atoms with Crippen LogP contribution in [-0.2, 0) is 0 Å². The van der Waals surface area contributed by atoms with Crippen LogP contribution in [0.3, 0.4) is 0 Å². The summed E-state index contributed by atoms with van der Waals surface area (Å²) in [7, 11) is 1.61. The number of imidazole rings is 1. The molecular weight excluding hydrogens is 240 g/mol. The van der Waals surface area contributed by atoms with Crippen LogP contribution < -0.4 is 4.74 Å². The normalized spacial score (nSPS) is 14.9. The van der Waals surface area contributed by atoms with E-state index in [2.05, 4.69) is 19.7 Å². The molecular formula is C11H11ClN4O. The Kier molecular flexibility index (Phi) is 2.48. The number of hydrogen-bond acceptors (Lipinski definition) is 4. The second kappa shape index (κ2) is 4.00. The Labute approximate surface area is 103 Å². The number of methoxy groups -OCH3 is 1. The molecule has 17 heavy (non-hydrogen) atoms. The monoisotopic (exact) mass is 250 g/mol. The van der Waals surface area contributed by atoms with Crippen LogP contribution in [0.25, 0.3) is 11.4 Å². The molecule has 0 unspecified atom stereocenters. The lowest BCUT2D eigenvalue weighted by molar-refractivity contribution is 0.399. The van der Waals surface area contributed by atoms with E-state index in [1.165, 1.54) is 12.8 Å². The maximum Gasteiger partial charge on any atom is 0.231 e. The third-order valence-corrected chi connectivity index (χ3v) is 2.93. The van der Waals surface area contributed by atoms with Gasteiger partial charge in [0.1, 0.15) is 5.82 Å². The second-order valence-corrected chi connectivity index (χ2v) is 4.40. The number of halogens is 1. The van der Waals surface area contributed by atoms with Crippen molar-refractivity contribution < 1.29 is 4.74 Å². The summed E-state index contributed by atoms with van der Waals surface area (Å²) in [6.07, 6.45) is 5.94. The lowest BCUT2D eigenvalue weighted by Gasteiger charge is -2.04. The minimum absolute atomic E-state index is 0.367. The zero-order valence-electron chi connectivity index (χ0n) is 9.30. The molecule has 1 fully saturated rings. The summed E-state index contributed by atoms with van der Waals surface area (Å²) in [4.78, 5) is 4.42. The Balaban J connectivity index is 2.09. The Morgan fingerprint density at radius 2 is 2.29 bits per heavy atom. The van der Waals surface area contributed by atoms with Crippen LogP contribution in [0.4, 0.5) is 0 Å². The lowest BCUT2D eigenvalue weighted by atomic mass is 10.3. The van der Waals surface area contributed by atoms with Crippen LogP contribution in [0.5, 0.6) is 5.88 Å². The maximum absolute atomic E-state index is 5.84. The van der Waals surface area contributed by atoms with Gasteiger partial charge in [-0.15, -0.1) is 5.10 Å². The van der Waals surface area contributed by atoms with Gasteiger partial charge in [0.05, 0.1) is 19.5 Å². The molecule has 2 heterocycles. The molecule has 0 radical (unpaired) electrons. The van der Waals surface area contributed by atoms with E-state index < -0.39 is 0 Å². The van der Waals surface area contributed by atoms with Gasteiger partial charge in [0.15, 0.2) is 5.15 Å². The SMILES string of the molecule is COc1cn(C2CC2)c(-c2cnnc(Cl)c2)n1. The van der Waals surface area contributed by atoms with Gasteiger partial charge < -0.3 is 9.30 Å². The molecule has 2 aromatic heterocycles. The van der Waals surface area contributed by atoms with Crippen molar-refractivity contribution in [2.24, 2.45) is 0 Å². The van der Waals surface area contributed by atoms with E-state index in [4.69, 9.17) is 16.3 Å². The standard InChI is InChI=1S/C11H11ClN4O/c1-17-10-6-16(8-2-3-8)11(14-10)7-4-9(12)15-13-5-7/h4-6,8H,2-3H2,1H3. The van der Waals surface area contributed by atoms with E-state index in [1.807, 2.05) is 6.20 Å². The van der Waals surface area contributed by atoms with E-state index >= 15 is 0 Å². The average Bonchev–Trinajstić information content (AvgIpc) is 3.08. The molecule has 0 bridgehead atoms. The van der Waals surface area contributed by atoms with E-state index in [0.29, 0.717) is 17.1 Å². The summed E-state index contributed by atoms with van der Waals surface area (Å²) in [6.45, 7) is 0. The maximum atomic E-state index is 5.84. The third kappa shape index (κ3) is 1.98. The molecule has 1 aliphatic rings. The summed E-state index contributed by atoms with van der Waals surface area (Å²) < 4.78 is 7.28. The predicted molar refractivity (Wildman–Crippen MR) is 63.1 cm³/mol. The van der Waals surface area contributed by atoms with Crippen LogP contribution in [0.15, 0.2) is 18.5 Å². The van der Waals surface area contributed by atoms with Gasteiger partial charge in [-0.25, -0.2) is 0 Å². The fourth-order valence-electron chi connectivity index (χ4n) is 1.78. The van der Waals surface area contributed by atoms with Gasteiger partial charge in [-0.2, -0.15) is 10.1 Å². The molecule has 0 aliphatic heterocycles. The Morgan fingerprint density at radius 3 is 2.94 bits per heavy atom. The molecule has 88 valence electrons. The highest BCUT2D eigenvalue weighted by Crippen LogP contribution is 2.39. The van der Waals surface area contributed by atoms with Gasteiger partial charge >= 0.3 is 0 Å². The predicted octanol–water partition coefficient (Wildman–Crippen LogP) is 2.34. The van der Waals surface area contributed by atoms with E-state index in [-0.39, 0.29) is 0 Å². The van der Waals surface area contributed by atoms with Crippen LogP contribution >= 0.6 is 11.6 Å². The van der Waals surface area contributed by atoms with E-state index in [0.717, 1.165) is 11.4 Å². The topological polar surface area (TPSA) is 52.8 Å². The van der Waals surface area contributed by atoms with Gasteiger partial charge in [0.2, 0.25) is 5.88 Å². The molecule has 0 spiro atoms. The van der Waals surface area contributed by atoms with Crippen LogP contribution in [-0.4, -0.2) is 26.9 Å². The quantitative estimate of drug-likeness (QED) is 0.839. The van der Waals surface area contributed by atoms with Crippen LogP contribution in [0.1, 0.15) is 18.9 Å². The number of ether oxygens (including phenoxy) is 1. The van der Waals surface area contributed by atoms with E-state index in [1.54, 1.807) is 19.4 Å². The first-order valence-electron chi connectivity index (χ1n) is 5.39. The number of hydrogen-bond donors (Lipinski definition) is 0. The number of rotatable bonds is 3. The molecule has 1 aliphatic carbocycles. The molecule has 6 heteroatoms. The van der Waals surface area contributed by atoms with Crippen molar-refractivity contribution in [3.63, 3.8) is 0 Å². The molecule has 0 saturated heterocycles. The molecule has 1 saturated carbocycles. The first kappa shape index (κ1) is 10.5. The van der Waals surface area contributed by atoms with Gasteiger partial charge in [-0.05, 0) is 18.9 Å². The van der Waals surface area contributed by atoms with Crippen LogP contribution in [0, 0.1) is 0 Å². The van der Waals surface area contributed by atoms with Gasteiger partial charge in [0.25, 0.3) is 0 Å². The summed E-state index contributed by atoms with van der Waals surface area (Å²) in [5, 5.41) is 7.94. The summed E-state index contributed by atoms with van der Waals surface area (Å²) in [5.74, 6) is 1.45. The van der Waals surface area contributed by atoms with Crippen molar-refractivity contribution in [3.05, 3.63) is 23.6 Å². The first-order valence-corrected chi connectivity index (χ1v) is 5.77. The zero-order valence-corrected chi connectivity index (χ0v) is 10.1. The highest BCUT2D eigenvalue weighted by atomic mass is 35.5. The zero-order chi connectivity index (χ0) is 11.8. The van der Waals surface area contributed by atoms with Gasteiger partial charge in [-0.3, -0.25) is 0 Å². The number of aromatic nitrogens is 4. The van der Waals surface area contributed by atoms with Crippen molar-refractivity contribution in [2.45, 2.75) is 18.9 Å². The Hall–Kier alpha value is -1.62. The molecule has 3 rings (SSSR count).